The molecule has 2 aromatic rings. The minimum absolute atomic E-state index is 0.0670. The van der Waals surface area contributed by atoms with Gasteiger partial charge in [-0.1, -0.05) is 6.07 Å². The highest BCUT2D eigenvalue weighted by Crippen LogP contribution is 2.35. The van der Waals surface area contributed by atoms with E-state index in [4.69, 9.17) is 5.26 Å². The normalized spacial score (nSPS) is 12.1. The lowest BCUT2D eigenvalue weighted by molar-refractivity contribution is 0.401. The molecule has 0 spiro atoms. The predicted octanol–water partition coefficient (Wildman–Crippen LogP) is 3.26. The first-order valence-electron chi connectivity index (χ1n) is 5.48. The number of halogens is 1. The van der Waals surface area contributed by atoms with Crippen LogP contribution in [0, 0.1) is 11.3 Å². The molecule has 2 N–H and O–H groups in total. The van der Waals surface area contributed by atoms with E-state index in [1.54, 1.807) is 17.5 Å². The molecule has 2 rings (SSSR count). The van der Waals surface area contributed by atoms with Crippen molar-refractivity contribution in [1.29, 1.82) is 5.26 Å². The molecule has 0 fully saturated rings. The van der Waals surface area contributed by atoms with Crippen molar-refractivity contribution in [3.05, 3.63) is 44.6 Å². The Morgan fingerprint density at radius 3 is 2.62 bits per heavy atom. The van der Waals surface area contributed by atoms with Crippen LogP contribution in [0.1, 0.15) is 5.56 Å². The predicted molar refractivity (Wildman–Crippen MR) is 82.6 cm³/mol. The zero-order valence-corrected chi connectivity index (χ0v) is 13.5. The summed E-state index contributed by atoms with van der Waals surface area (Å²) in [7, 11) is -3.88. The Morgan fingerprint density at radius 2 is 2.10 bits per heavy atom. The van der Waals surface area contributed by atoms with E-state index in [1.165, 1.54) is 18.2 Å². The minimum atomic E-state index is -3.88. The van der Waals surface area contributed by atoms with Crippen LogP contribution in [0.2, 0.25) is 0 Å². The molecule has 1 aromatic carbocycles. The van der Waals surface area contributed by atoms with E-state index in [2.05, 4.69) is 15.9 Å². The zero-order chi connectivity index (χ0) is 15.6. The molecule has 5 nitrogen and oxygen atoms in total. The number of hydrogen-bond donors (Lipinski definition) is 2. The number of phenols is 2. The molecule has 0 unspecified atom stereocenters. The molecule has 0 aliphatic heterocycles. The van der Waals surface area contributed by atoms with Crippen LogP contribution in [0.3, 0.4) is 0 Å². The average molecular weight is 386 g/mol. The summed E-state index contributed by atoms with van der Waals surface area (Å²) in [5.41, 5.74) is 0.272. The van der Waals surface area contributed by atoms with Gasteiger partial charge in [0.15, 0.2) is 16.4 Å². The zero-order valence-electron chi connectivity index (χ0n) is 10.3. The summed E-state index contributed by atoms with van der Waals surface area (Å²) < 4.78 is 24.8. The Bertz CT molecular complexity index is 826. The maximum atomic E-state index is 12.3. The van der Waals surface area contributed by atoms with Crippen LogP contribution in [0.25, 0.3) is 6.08 Å². The van der Waals surface area contributed by atoms with Gasteiger partial charge in [0.2, 0.25) is 9.84 Å². The third kappa shape index (κ3) is 3.10. The van der Waals surface area contributed by atoms with E-state index in [9.17, 15) is 18.6 Å². The Kier molecular flexibility index (Phi) is 4.37. The highest BCUT2D eigenvalue weighted by molar-refractivity contribution is 9.10. The Labute approximate surface area is 133 Å². The maximum absolute atomic E-state index is 12.3. The molecule has 0 saturated heterocycles. The van der Waals surface area contributed by atoms with Crippen LogP contribution in [0.15, 0.2) is 43.2 Å². The van der Waals surface area contributed by atoms with Gasteiger partial charge in [-0.05, 0) is 51.1 Å². The molecule has 0 aliphatic carbocycles. The van der Waals surface area contributed by atoms with Crippen molar-refractivity contribution in [3.8, 4) is 17.6 Å². The minimum Gasteiger partial charge on any atom is -0.504 e. The van der Waals surface area contributed by atoms with Crippen LogP contribution in [-0.2, 0) is 9.84 Å². The molecule has 0 aliphatic rings. The van der Waals surface area contributed by atoms with Crippen LogP contribution in [0.4, 0.5) is 0 Å². The number of benzene rings is 1. The number of sulfone groups is 1. The summed E-state index contributed by atoms with van der Waals surface area (Å²) in [5, 5.41) is 29.6. The molecule has 21 heavy (non-hydrogen) atoms. The number of hydrogen-bond acceptors (Lipinski definition) is 6. The average Bonchev–Trinajstić information content (AvgIpc) is 2.96. The first-order chi connectivity index (χ1) is 9.86. The van der Waals surface area contributed by atoms with Gasteiger partial charge in [0, 0.05) is 0 Å². The molecule has 0 atom stereocenters. The molecule has 1 aromatic heterocycles. The van der Waals surface area contributed by atoms with Crippen molar-refractivity contribution >= 4 is 43.2 Å². The summed E-state index contributed by atoms with van der Waals surface area (Å²) >= 11 is 4.04. The topological polar surface area (TPSA) is 98.4 Å². The van der Waals surface area contributed by atoms with E-state index < -0.39 is 20.5 Å². The second-order valence-corrected chi connectivity index (χ2v) is 7.87. The van der Waals surface area contributed by atoms with Crippen LogP contribution in [0.5, 0.6) is 11.5 Å². The van der Waals surface area contributed by atoms with Crippen LogP contribution in [-0.4, -0.2) is 18.6 Å². The molecule has 0 bridgehead atoms. The standard InChI is InChI=1S/C13H8BrNO4S2/c14-10-5-8(6-11(16)13(10)17)4-9(7-15)21(18,19)12-2-1-3-20-12/h1-6,16-17H/b9-4-. The quantitative estimate of drug-likeness (QED) is 0.623. The monoisotopic (exact) mass is 385 g/mol. The van der Waals surface area contributed by atoms with Gasteiger partial charge in [-0.25, -0.2) is 8.42 Å². The smallest absolute Gasteiger partial charge is 0.226 e. The fraction of sp³-hybridized carbons (Fsp3) is 0. The lowest BCUT2D eigenvalue weighted by Crippen LogP contribution is -2.01. The lowest BCUT2D eigenvalue weighted by atomic mass is 10.2. The van der Waals surface area contributed by atoms with Crippen molar-refractivity contribution in [3.63, 3.8) is 0 Å². The van der Waals surface area contributed by atoms with E-state index in [1.807, 2.05) is 0 Å². The Morgan fingerprint density at radius 1 is 1.38 bits per heavy atom. The Hall–Kier alpha value is -1.82. The SMILES string of the molecule is N#C/C(=C/c1cc(O)c(O)c(Br)c1)S(=O)(=O)c1cccs1. The van der Waals surface area contributed by atoms with Gasteiger partial charge in [0.1, 0.15) is 10.3 Å². The molecular weight excluding hydrogens is 378 g/mol. The van der Waals surface area contributed by atoms with Gasteiger partial charge in [0.05, 0.1) is 4.47 Å². The summed E-state index contributed by atoms with van der Waals surface area (Å²) in [5.74, 6) is -0.770. The summed E-state index contributed by atoms with van der Waals surface area (Å²) in [6, 6.07) is 7.21. The number of nitrogens with zero attached hydrogens (tertiary/aromatic N) is 1. The van der Waals surface area contributed by atoms with Gasteiger partial charge in [-0.15, -0.1) is 11.3 Å². The van der Waals surface area contributed by atoms with Gasteiger partial charge >= 0.3 is 0 Å². The molecule has 0 saturated carbocycles. The van der Waals surface area contributed by atoms with E-state index >= 15 is 0 Å². The molecular formula is C13H8BrNO4S2. The number of rotatable bonds is 3. The summed E-state index contributed by atoms with van der Waals surface area (Å²) in [4.78, 5) is -0.443. The number of thiophene rings is 1. The summed E-state index contributed by atoms with van der Waals surface area (Å²) in [6.45, 7) is 0. The van der Waals surface area contributed by atoms with E-state index in [0.717, 1.165) is 17.4 Å². The maximum Gasteiger partial charge on any atom is 0.226 e. The fourth-order valence-electron chi connectivity index (χ4n) is 1.53. The number of aromatic hydroxyl groups is 2. The van der Waals surface area contributed by atoms with E-state index in [0.29, 0.717) is 0 Å². The Balaban J connectivity index is 2.55. The largest absolute Gasteiger partial charge is 0.504 e. The van der Waals surface area contributed by atoms with Crippen molar-refractivity contribution in [2.45, 2.75) is 4.21 Å². The van der Waals surface area contributed by atoms with Crippen LogP contribution >= 0.6 is 27.3 Å². The van der Waals surface area contributed by atoms with Crippen LogP contribution < -0.4 is 0 Å². The molecule has 108 valence electrons. The fourth-order valence-corrected chi connectivity index (χ4v) is 4.28. The third-order valence-corrected chi connectivity index (χ3v) is 6.19. The van der Waals surface area contributed by atoms with Gasteiger partial charge in [-0.2, -0.15) is 5.26 Å². The van der Waals surface area contributed by atoms with Crippen molar-refractivity contribution in [1.82, 2.24) is 0 Å². The first-order valence-corrected chi connectivity index (χ1v) is 8.63. The van der Waals surface area contributed by atoms with Crippen molar-refractivity contribution in [2.75, 3.05) is 0 Å². The van der Waals surface area contributed by atoms with Crippen molar-refractivity contribution < 1.29 is 18.6 Å². The number of phenolic OH excluding ortho intramolecular Hbond substituents is 2. The highest BCUT2D eigenvalue weighted by atomic mass is 79.9. The van der Waals surface area contributed by atoms with Gasteiger partial charge < -0.3 is 10.2 Å². The molecule has 1 heterocycles. The van der Waals surface area contributed by atoms with Crippen molar-refractivity contribution in [2.24, 2.45) is 0 Å². The number of nitriles is 1. The second-order valence-electron chi connectivity index (χ2n) is 3.93. The first kappa shape index (κ1) is 15.6. The molecule has 0 amide bonds. The second kappa shape index (κ2) is 5.89. The molecule has 8 heteroatoms. The highest BCUT2D eigenvalue weighted by Gasteiger charge is 2.22. The van der Waals surface area contributed by atoms with Gasteiger partial charge in [0.25, 0.3) is 0 Å². The van der Waals surface area contributed by atoms with E-state index in [-0.39, 0.29) is 20.0 Å². The molecule has 0 radical (unpaired) electrons. The lowest BCUT2D eigenvalue weighted by Gasteiger charge is -2.04. The van der Waals surface area contributed by atoms with Gasteiger partial charge in [-0.3, -0.25) is 0 Å². The summed E-state index contributed by atoms with van der Waals surface area (Å²) in [6.07, 6.45) is 1.14. The third-order valence-electron chi connectivity index (χ3n) is 2.52. The number of allylic oxidation sites excluding steroid dienone is 1.